The first-order valence-corrected chi connectivity index (χ1v) is 5.42. The lowest BCUT2D eigenvalue weighted by molar-refractivity contribution is 0.131. The van der Waals surface area contributed by atoms with Gasteiger partial charge in [0.15, 0.2) is 0 Å². The molecular formula is C10H14OS. The minimum atomic E-state index is -0.351. The Bertz CT molecular complexity index is 255. The monoisotopic (exact) mass is 182 g/mol. The number of rotatable bonds is 3. The molecule has 1 aromatic rings. The predicted molar refractivity (Wildman–Crippen MR) is 51.4 cm³/mol. The van der Waals surface area contributed by atoms with Crippen molar-refractivity contribution in [3.05, 3.63) is 22.4 Å². The van der Waals surface area contributed by atoms with Crippen LogP contribution in [0.5, 0.6) is 0 Å². The molecule has 1 heterocycles. The zero-order valence-corrected chi connectivity index (χ0v) is 8.10. The highest BCUT2D eigenvalue weighted by molar-refractivity contribution is 7.07. The molecule has 0 radical (unpaired) electrons. The van der Waals surface area contributed by atoms with E-state index >= 15 is 0 Å². The van der Waals surface area contributed by atoms with Crippen LogP contribution in [0.4, 0.5) is 0 Å². The number of aliphatic hydroxyl groups is 1. The fourth-order valence-corrected chi connectivity index (χ4v) is 2.52. The summed E-state index contributed by atoms with van der Waals surface area (Å²) in [4.78, 5) is 0. The number of thiophene rings is 1. The van der Waals surface area contributed by atoms with Crippen molar-refractivity contribution in [3.8, 4) is 0 Å². The van der Waals surface area contributed by atoms with Crippen LogP contribution in [0.1, 0.15) is 25.3 Å². The normalized spacial score (nSPS) is 33.7. The Kier molecular flexibility index (Phi) is 1.97. The van der Waals surface area contributed by atoms with Crippen LogP contribution in [0.25, 0.3) is 0 Å². The van der Waals surface area contributed by atoms with Gasteiger partial charge in [0.05, 0.1) is 5.60 Å². The summed E-state index contributed by atoms with van der Waals surface area (Å²) < 4.78 is 0. The summed E-state index contributed by atoms with van der Waals surface area (Å²) in [6.45, 7) is 2.15. The molecule has 1 N–H and O–H groups in total. The van der Waals surface area contributed by atoms with Gasteiger partial charge in [-0.05, 0) is 34.7 Å². The van der Waals surface area contributed by atoms with Crippen molar-refractivity contribution in [1.29, 1.82) is 0 Å². The van der Waals surface area contributed by atoms with Gasteiger partial charge in [-0.25, -0.2) is 0 Å². The predicted octanol–water partition coefficient (Wildman–Crippen LogP) is 2.45. The third kappa shape index (κ3) is 1.41. The zero-order chi connectivity index (χ0) is 8.60. The molecule has 12 heavy (non-hydrogen) atoms. The van der Waals surface area contributed by atoms with Crippen molar-refractivity contribution in [2.24, 2.45) is 5.92 Å². The van der Waals surface area contributed by atoms with E-state index in [1.54, 1.807) is 11.3 Å². The highest BCUT2D eigenvalue weighted by Crippen LogP contribution is 2.47. The van der Waals surface area contributed by atoms with Crippen LogP contribution >= 0.6 is 11.3 Å². The van der Waals surface area contributed by atoms with Gasteiger partial charge >= 0.3 is 0 Å². The molecule has 1 fully saturated rings. The van der Waals surface area contributed by atoms with Crippen molar-refractivity contribution in [2.75, 3.05) is 0 Å². The second kappa shape index (κ2) is 2.86. The van der Waals surface area contributed by atoms with Crippen molar-refractivity contribution >= 4 is 11.3 Å². The van der Waals surface area contributed by atoms with Crippen molar-refractivity contribution in [3.63, 3.8) is 0 Å². The van der Waals surface area contributed by atoms with Gasteiger partial charge in [0.25, 0.3) is 0 Å². The van der Waals surface area contributed by atoms with Crippen LogP contribution in [0.3, 0.4) is 0 Å². The van der Waals surface area contributed by atoms with Gasteiger partial charge in [-0.3, -0.25) is 0 Å². The molecule has 0 aromatic carbocycles. The minimum Gasteiger partial charge on any atom is -0.389 e. The van der Waals surface area contributed by atoms with Gasteiger partial charge in [0.1, 0.15) is 0 Å². The fourth-order valence-electron chi connectivity index (χ4n) is 1.86. The van der Waals surface area contributed by atoms with E-state index in [9.17, 15) is 5.11 Å². The second-order valence-electron chi connectivity index (χ2n) is 3.72. The van der Waals surface area contributed by atoms with Gasteiger partial charge in [-0.2, -0.15) is 11.3 Å². The summed E-state index contributed by atoms with van der Waals surface area (Å²) in [5.74, 6) is 0.553. The van der Waals surface area contributed by atoms with Crippen LogP contribution in [0, 0.1) is 5.92 Å². The molecule has 1 aromatic heterocycles. The molecule has 1 aliphatic rings. The first-order chi connectivity index (χ1) is 5.74. The third-order valence-electron chi connectivity index (χ3n) is 2.78. The standard InChI is InChI=1S/C10H14OS/c1-2-9-6-10(9,11)5-8-3-4-12-7-8/h3-4,7,9,11H,2,5-6H2,1H3. The van der Waals surface area contributed by atoms with E-state index in [0.717, 1.165) is 19.3 Å². The summed E-state index contributed by atoms with van der Waals surface area (Å²) in [6.07, 6.45) is 2.97. The van der Waals surface area contributed by atoms with Gasteiger partial charge in [-0.1, -0.05) is 13.3 Å². The molecule has 0 aliphatic heterocycles. The van der Waals surface area contributed by atoms with E-state index in [0.29, 0.717) is 5.92 Å². The quantitative estimate of drug-likeness (QED) is 0.761. The summed E-state index contributed by atoms with van der Waals surface area (Å²) >= 11 is 1.71. The average molecular weight is 182 g/mol. The molecule has 0 amide bonds. The molecule has 2 atom stereocenters. The largest absolute Gasteiger partial charge is 0.389 e. The Labute approximate surface area is 77.0 Å². The van der Waals surface area contributed by atoms with E-state index < -0.39 is 0 Å². The lowest BCUT2D eigenvalue weighted by atomic mass is 10.1. The number of hydrogen-bond acceptors (Lipinski definition) is 2. The molecule has 1 nitrogen and oxygen atoms in total. The van der Waals surface area contributed by atoms with E-state index in [1.165, 1.54) is 5.56 Å². The number of hydrogen-bond donors (Lipinski definition) is 1. The third-order valence-corrected chi connectivity index (χ3v) is 3.51. The highest BCUT2D eigenvalue weighted by Gasteiger charge is 2.51. The van der Waals surface area contributed by atoms with Gasteiger partial charge in [-0.15, -0.1) is 0 Å². The Morgan fingerprint density at radius 2 is 2.58 bits per heavy atom. The Balaban J connectivity index is 1.97. The fraction of sp³-hybridized carbons (Fsp3) is 0.600. The summed E-state index contributed by atoms with van der Waals surface area (Å²) in [5.41, 5.74) is 0.939. The SMILES string of the molecule is CCC1CC1(O)Cc1ccsc1. The summed E-state index contributed by atoms with van der Waals surface area (Å²) in [6, 6.07) is 2.10. The Morgan fingerprint density at radius 1 is 1.75 bits per heavy atom. The molecule has 1 saturated carbocycles. The van der Waals surface area contributed by atoms with E-state index in [-0.39, 0.29) is 5.60 Å². The Hall–Kier alpha value is -0.340. The molecular weight excluding hydrogens is 168 g/mol. The lowest BCUT2D eigenvalue weighted by Gasteiger charge is -2.07. The van der Waals surface area contributed by atoms with E-state index in [1.807, 2.05) is 0 Å². The smallest absolute Gasteiger partial charge is 0.0720 e. The molecule has 1 aliphatic carbocycles. The molecule has 2 heteroatoms. The van der Waals surface area contributed by atoms with Crippen LogP contribution in [-0.2, 0) is 6.42 Å². The molecule has 66 valence electrons. The molecule has 0 bridgehead atoms. The van der Waals surface area contributed by atoms with Crippen molar-refractivity contribution < 1.29 is 5.11 Å². The highest BCUT2D eigenvalue weighted by atomic mass is 32.1. The topological polar surface area (TPSA) is 20.2 Å². The lowest BCUT2D eigenvalue weighted by Crippen LogP contribution is -2.14. The van der Waals surface area contributed by atoms with Gasteiger partial charge in [0, 0.05) is 6.42 Å². The molecule has 0 spiro atoms. The van der Waals surface area contributed by atoms with Gasteiger partial charge < -0.3 is 5.11 Å². The molecule has 0 saturated heterocycles. The molecule has 2 unspecified atom stereocenters. The van der Waals surface area contributed by atoms with Crippen molar-refractivity contribution in [2.45, 2.75) is 31.8 Å². The minimum absolute atomic E-state index is 0.351. The summed E-state index contributed by atoms with van der Waals surface area (Å²) in [5, 5.41) is 14.2. The summed E-state index contributed by atoms with van der Waals surface area (Å²) in [7, 11) is 0. The van der Waals surface area contributed by atoms with Crippen LogP contribution in [0.2, 0.25) is 0 Å². The average Bonchev–Trinajstić information content (AvgIpc) is 2.48. The Morgan fingerprint density at radius 3 is 3.08 bits per heavy atom. The zero-order valence-electron chi connectivity index (χ0n) is 7.29. The van der Waals surface area contributed by atoms with Gasteiger partial charge in [0.2, 0.25) is 0 Å². The van der Waals surface area contributed by atoms with Crippen LogP contribution in [0.15, 0.2) is 16.8 Å². The maximum Gasteiger partial charge on any atom is 0.0720 e. The van der Waals surface area contributed by atoms with Crippen LogP contribution in [-0.4, -0.2) is 10.7 Å². The second-order valence-corrected chi connectivity index (χ2v) is 4.50. The first kappa shape index (κ1) is 8.27. The van der Waals surface area contributed by atoms with Crippen LogP contribution < -0.4 is 0 Å². The maximum absolute atomic E-state index is 9.96. The van der Waals surface area contributed by atoms with E-state index in [4.69, 9.17) is 0 Å². The first-order valence-electron chi connectivity index (χ1n) is 4.48. The molecule has 2 rings (SSSR count). The maximum atomic E-state index is 9.96. The van der Waals surface area contributed by atoms with E-state index in [2.05, 4.69) is 23.8 Å². The van der Waals surface area contributed by atoms with Crippen molar-refractivity contribution in [1.82, 2.24) is 0 Å².